The van der Waals surface area contributed by atoms with E-state index in [-0.39, 0.29) is 0 Å². The molecular weight excluding hydrogens is 280 g/mol. The molecule has 0 heterocycles. The summed E-state index contributed by atoms with van der Waals surface area (Å²) < 4.78 is 5.22. The van der Waals surface area contributed by atoms with Crippen LogP contribution in [0.15, 0.2) is 24.0 Å². The van der Waals surface area contributed by atoms with Gasteiger partial charge in [-0.3, -0.25) is 0 Å². The van der Waals surface area contributed by atoms with Crippen LogP contribution in [0.2, 0.25) is 0 Å². The summed E-state index contributed by atoms with van der Waals surface area (Å²) in [6.45, 7) is 4.54. The molecule has 0 aliphatic rings. The predicted molar refractivity (Wildman–Crippen MR) is 105 cm³/mol. The number of ether oxygens (including phenoxy) is 1. The second-order valence-corrected chi connectivity index (χ2v) is 6.74. The molecule has 1 nitrogen and oxygen atoms in total. The second kappa shape index (κ2) is 19.3. The number of methoxy groups -OCH3 is 1. The Balaban J connectivity index is 3.45. The molecule has 1 heteroatoms. The highest BCUT2D eigenvalue weighted by Crippen LogP contribution is 2.17. The topological polar surface area (TPSA) is 9.23 Å². The minimum Gasteiger partial charge on any atom is -0.504 e. The Labute approximate surface area is 146 Å². The van der Waals surface area contributed by atoms with Crippen molar-refractivity contribution in [3.63, 3.8) is 0 Å². The van der Waals surface area contributed by atoms with Crippen molar-refractivity contribution in [3.05, 3.63) is 24.0 Å². The minimum absolute atomic E-state index is 1.22. The average Bonchev–Trinajstić information content (AvgIpc) is 2.56. The molecule has 0 aliphatic heterocycles. The van der Waals surface area contributed by atoms with Crippen molar-refractivity contribution in [1.29, 1.82) is 0 Å². The molecule has 0 saturated carbocycles. The fourth-order valence-corrected chi connectivity index (χ4v) is 2.90. The Morgan fingerprint density at radius 3 is 1.70 bits per heavy atom. The maximum absolute atomic E-state index is 5.22. The molecule has 136 valence electrons. The van der Waals surface area contributed by atoms with Gasteiger partial charge in [0.1, 0.15) is 0 Å². The van der Waals surface area contributed by atoms with Crippen molar-refractivity contribution in [2.45, 2.75) is 110 Å². The van der Waals surface area contributed by atoms with E-state index in [4.69, 9.17) is 4.74 Å². The zero-order chi connectivity index (χ0) is 17.0. The van der Waals surface area contributed by atoms with Gasteiger partial charge in [-0.2, -0.15) is 0 Å². The van der Waals surface area contributed by atoms with Gasteiger partial charge in [-0.1, -0.05) is 70.9 Å². The first-order valence-electron chi connectivity index (χ1n) is 10.2. The van der Waals surface area contributed by atoms with Gasteiger partial charge in [0.05, 0.1) is 13.4 Å². The van der Waals surface area contributed by atoms with E-state index in [0.717, 1.165) is 0 Å². The summed E-state index contributed by atoms with van der Waals surface area (Å²) in [6, 6.07) is 0. The van der Waals surface area contributed by atoms with Crippen molar-refractivity contribution in [2.75, 3.05) is 7.11 Å². The summed E-state index contributed by atoms with van der Waals surface area (Å²) in [4.78, 5) is 0. The Morgan fingerprint density at radius 2 is 1.13 bits per heavy atom. The normalized spacial score (nSPS) is 12.2. The zero-order valence-electron chi connectivity index (χ0n) is 16.2. The molecule has 0 saturated heterocycles. The van der Waals surface area contributed by atoms with E-state index in [1.165, 1.54) is 102 Å². The van der Waals surface area contributed by atoms with Gasteiger partial charge < -0.3 is 4.74 Å². The van der Waals surface area contributed by atoms with E-state index in [1.54, 1.807) is 7.11 Å². The number of hydrogen-bond donors (Lipinski definition) is 0. The lowest BCUT2D eigenvalue weighted by Crippen LogP contribution is -1.88. The first kappa shape index (κ1) is 22.3. The smallest absolute Gasteiger partial charge is 0.0816 e. The second-order valence-electron chi connectivity index (χ2n) is 6.74. The van der Waals surface area contributed by atoms with E-state index < -0.39 is 0 Å². The van der Waals surface area contributed by atoms with Crippen LogP contribution in [0, 0.1) is 0 Å². The van der Waals surface area contributed by atoms with E-state index in [0.29, 0.717) is 0 Å². The average molecular weight is 323 g/mol. The van der Waals surface area contributed by atoms with E-state index in [2.05, 4.69) is 26.0 Å². The van der Waals surface area contributed by atoms with Crippen LogP contribution in [0.3, 0.4) is 0 Å². The molecule has 0 aromatic heterocycles. The van der Waals surface area contributed by atoms with Gasteiger partial charge in [0.2, 0.25) is 0 Å². The van der Waals surface area contributed by atoms with Crippen LogP contribution in [-0.2, 0) is 4.74 Å². The highest BCUT2D eigenvalue weighted by Gasteiger charge is 1.99. The van der Waals surface area contributed by atoms with Gasteiger partial charge >= 0.3 is 0 Å². The first-order valence-corrected chi connectivity index (χ1v) is 10.2. The predicted octanol–water partition coefficient (Wildman–Crippen LogP) is 7.96. The van der Waals surface area contributed by atoms with Crippen molar-refractivity contribution in [1.82, 2.24) is 0 Å². The third-order valence-corrected chi connectivity index (χ3v) is 4.40. The van der Waals surface area contributed by atoms with Crippen LogP contribution in [-0.4, -0.2) is 7.11 Å². The standard InChI is InChI=1S/C22H42O/c1-4-6-8-9-10-11-12-13-14-15-16-18-20-22(21-23-3)19-17-7-5-2/h11-12,21H,4-10,13-20H2,1-3H3/b12-11+,22-21-. The van der Waals surface area contributed by atoms with Crippen LogP contribution in [0.25, 0.3) is 0 Å². The quantitative estimate of drug-likeness (QED) is 0.150. The van der Waals surface area contributed by atoms with Crippen molar-refractivity contribution in [3.8, 4) is 0 Å². The SMILES string of the molecule is CCCCCC/C=C/CCCCCC/C(=C\OC)CCCCC. The van der Waals surface area contributed by atoms with Crippen LogP contribution in [0.4, 0.5) is 0 Å². The summed E-state index contributed by atoms with van der Waals surface area (Å²) in [7, 11) is 1.77. The maximum atomic E-state index is 5.22. The lowest BCUT2D eigenvalue weighted by Gasteiger charge is -2.07. The van der Waals surface area contributed by atoms with Crippen molar-refractivity contribution < 1.29 is 4.74 Å². The lowest BCUT2D eigenvalue weighted by atomic mass is 10.0. The minimum atomic E-state index is 1.22. The lowest BCUT2D eigenvalue weighted by molar-refractivity contribution is 0.330. The fraction of sp³-hybridized carbons (Fsp3) is 0.818. The third kappa shape index (κ3) is 17.5. The van der Waals surface area contributed by atoms with E-state index in [9.17, 15) is 0 Å². The molecule has 0 N–H and O–H groups in total. The Hall–Kier alpha value is -0.720. The molecule has 0 aromatic carbocycles. The first-order chi connectivity index (χ1) is 11.3. The molecule has 0 rings (SSSR count). The largest absolute Gasteiger partial charge is 0.504 e. The molecule has 0 unspecified atom stereocenters. The van der Waals surface area contributed by atoms with Gasteiger partial charge in [-0.25, -0.2) is 0 Å². The monoisotopic (exact) mass is 322 g/mol. The molecule has 0 fully saturated rings. The summed E-state index contributed by atoms with van der Waals surface area (Å²) in [5.41, 5.74) is 1.51. The molecule has 0 bridgehead atoms. The summed E-state index contributed by atoms with van der Waals surface area (Å²) in [5.74, 6) is 0. The highest BCUT2D eigenvalue weighted by atomic mass is 16.5. The van der Waals surface area contributed by atoms with Crippen molar-refractivity contribution >= 4 is 0 Å². The molecule has 23 heavy (non-hydrogen) atoms. The van der Waals surface area contributed by atoms with E-state index >= 15 is 0 Å². The summed E-state index contributed by atoms with van der Waals surface area (Å²) in [6.07, 6.45) is 26.6. The van der Waals surface area contributed by atoms with Gasteiger partial charge in [-0.05, 0) is 56.9 Å². The number of allylic oxidation sites excluding steroid dienone is 3. The molecule has 0 atom stereocenters. The maximum Gasteiger partial charge on any atom is 0.0816 e. The molecule has 0 spiro atoms. The fourth-order valence-electron chi connectivity index (χ4n) is 2.90. The van der Waals surface area contributed by atoms with Gasteiger partial charge in [0.25, 0.3) is 0 Å². The molecule has 0 amide bonds. The van der Waals surface area contributed by atoms with Gasteiger partial charge in [0.15, 0.2) is 0 Å². The van der Waals surface area contributed by atoms with Gasteiger partial charge in [-0.15, -0.1) is 0 Å². The van der Waals surface area contributed by atoms with Crippen LogP contribution in [0.5, 0.6) is 0 Å². The third-order valence-electron chi connectivity index (χ3n) is 4.40. The molecule has 0 aromatic rings. The zero-order valence-corrected chi connectivity index (χ0v) is 16.2. The van der Waals surface area contributed by atoms with Crippen LogP contribution >= 0.6 is 0 Å². The molecule has 0 aliphatic carbocycles. The molecular formula is C22H42O. The number of hydrogen-bond acceptors (Lipinski definition) is 1. The van der Waals surface area contributed by atoms with E-state index in [1.807, 2.05) is 6.26 Å². The Bertz CT molecular complexity index is 278. The molecule has 0 radical (unpaired) electrons. The Kier molecular flexibility index (Phi) is 18.7. The summed E-state index contributed by atoms with van der Waals surface area (Å²) >= 11 is 0. The van der Waals surface area contributed by atoms with Crippen LogP contribution in [0.1, 0.15) is 110 Å². The highest BCUT2D eigenvalue weighted by molar-refractivity contribution is 4.97. The van der Waals surface area contributed by atoms with Gasteiger partial charge in [0, 0.05) is 0 Å². The number of rotatable bonds is 17. The van der Waals surface area contributed by atoms with Crippen molar-refractivity contribution in [2.24, 2.45) is 0 Å². The number of unbranched alkanes of at least 4 members (excludes halogenated alkanes) is 10. The Morgan fingerprint density at radius 1 is 0.652 bits per heavy atom. The summed E-state index contributed by atoms with van der Waals surface area (Å²) in [5, 5.41) is 0. The van der Waals surface area contributed by atoms with Crippen LogP contribution < -0.4 is 0 Å².